The number of carbonyl (C=O) groups is 2. The summed E-state index contributed by atoms with van der Waals surface area (Å²) in [5.74, 6) is -0.766. The molecule has 174 valence electrons. The van der Waals surface area contributed by atoms with E-state index in [2.05, 4.69) is 10.6 Å². The third-order valence-electron chi connectivity index (χ3n) is 5.30. The van der Waals surface area contributed by atoms with E-state index in [1.807, 2.05) is 26.8 Å². The van der Waals surface area contributed by atoms with Crippen LogP contribution in [-0.4, -0.2) is 35.5 Å². The maximum Gasteiger partial charge on any atom is 0.338 e. The second kappa shape index (κ2) is 10.6. The molecule has 1 heterocycles. The monoisotopic (exact) mass is 469 g/mol. The topological polar surface area (TPSA) is 70.7 Å². The van der Waals surface area contributed by atoms with E-state index < -0.39 is 12.0 Å². The van der Waals surface area contributed by atoms with Gasteiger partial charge in [-0.1, -0.05) is 38.1 Å². The lowest BCUT2D eigenvalue weighted by atomic mass is 9.94. The van der Waals surface area contributed by atoms with Crippen LogP contribution < -0.4 is 10.6 Å². The van der Waals surface area contributed by atoms with Gasteiger partial charge in [-0.15, -0.1) is 0 Å². The summed E-state index contributed by atoms with van der Waals surface area (Å²) in [7, 11) is 1.79. The van der Waals surface area contributed by atoms with Gasteiger partial charge in [-0.2, -0.15) is 0 Å². The Balaban J connectivity index is 1.82. The van der Waals surface area contributed by atoms with Crippen LogP contribution in [0.2, 0.25) is 0 Å². The summed E-state index contributed by atoms with van der Waals surface area (Å²) < 4.78 is 18.6. The molecule has 0 fully saturated rings. The maximum absolute atomic E-state index is 13.1. The number of thiocarbonyl (C=S) groups is 1. The maximum atomic E-state index is 13.1. The number of halogens is 1. The molecule has 0 bridgehead atoms. The number of carbonyl (C=O) groups excluding carboxylic acids is 2. The lowest BCUT2D eigenvalue weighted by molar-refractivity contribution is -0.140. The summed E-state index contributed by atoms with van der Waals surface area (Å²) in [5, 5.41) is 6.56. The van der Waals surface area contributed by atoms with E-state index in [-0.39, 0.29) is 24.1 Å². The van der Waals surface area contributed by atoms with Crippen molar-refractivity contribution in [2.45, 2.75) is 33.2 Å². The zero-order valence-electron chi connectivity index (χ0n) is 19.1. The molecule has 6 nitrogen and oxygen atoms in total. The smallest absolute Gasteiger partial charge is 0.338 e. The molecule has 2 aromatic rings. The Morgan fingerprint density at radius 2 is 1.91 bits per heavy atom. The first-order valence-corrected chi connectivity index (χ1v) is 11.1. The van der Waals surface area contributed by atoms with Crippen molar-refractivity contribution in [3.63, 3.8) is 0 Å². The van der Waals surface area contributed by atoms with Crippen molar-refractivity contribution in [1.82, 2.24) is 10.2 Å². The highest BCUT2D eigenvalue weighted by Crippen LogP contribution is 2.32. The van der Waals surface area contributed by atoms with Gasteiger partial charge in [-0.25, -0.2) is 9.18 Å². The molecule has 2 aromatic carbocycles. The number of ether oxygens (including phenoxy) is 1. The predicted octanol–water partition coefficient (Wildman–Crippen LogP) is 4.34. The average molecular weight is 470 g/mol. The van der Waals surface area contributed by atoms with Gasteiger partial charge in [0.2, 0.25) is 5.91 Å². The Bertz CT molecular complexity index is 1080. The van der Waals surface area contributed by atoms with E-state index in [9.17, 15) is 14.0 Å². The Hall–Kier alpha value is -3.26. The van der Waals surface area contributed by atoms with Crippen molar-refractivity contribution in [3.05, 3.63) is 76.7 Å². The van der Waals surface area contributed by atoms with Crippen LogP contribution >= 0.6 is 12.2 Å². The van der Waals surface area contributed by atoms with Crippen LogP contribution in [-0.2, 0) is 20.7 Å². The Morgan fingerprint density at radius 1 is 1.21 bits per heavy atom. The van der Waals surface area contributed by atoms with Gasteiger partial charge in [0, 0.05) is 18.4 Å². The highest BCUT2D eigenvalue weighted by atomic mass is 32.1. The average Bonchev–Trinajstić information content (AvgIpc) is 2.77. The van der Waals surface area contributed by atoms with Crippen molar-refractivity contribution in [2.75, 3.05) is 19.0 Å². The van der Waals surface area contributed by atoms with Crippen molar-refractivity contribution in [2.24, 2.45) is 5.92 Å². The number of allylic oxidation sites excluding steroid dienone is 1. The highest BCUT2D eigenvalue weighted by molar-refractivity contribution is 7.80. The normalized spacial score (nSPS) is 16.0. The van der Waals surface area contributed by atoms with Crippen molar-refractivity contribution in [1.29, 1.82) is 0 Å². The molecule has 0 saturated heterocycles. The van der Waals surface area contributed by atoms with E-state index in [1.165, 1.54) is 12.1 Å². The minimum absolute atomic E-state index is 0.118. The molecule has 2 N–H and O–H groups in total. The van der Waals surface area contributed by atoms with Gasteiger partial charge in [0.15, 0.2) is 5.11 Å². The molecule has 1 amide bonds. The molecule has 1 aliphatic heterocycles. The molecule has 1 aliphatic rings. The van der Waals surface area contributed by atoms with Crippen LogP contribution in [0.5, 0.6) is 0 Å². The summed E-state index contributed by atoms with van der Waals surface area (Å²) in [6, 6.07) is 12.5. The van der Waals surface area contributed by atoms with Crippen molar-refractivity contribution < 1.29 is 18.7 Å². The molecule has 1 unspecified atom stereocenters. The Labute approximate surface area is 198 Å². The number of rotatable bonds is 7. The molecule has 0 saturated carbocycles. The Kier molecular flexibility index (Phi) is 7.81. The predicted molar refractivity (Wildman–Crippen MR) is 130 cm³/mol. The number of benzene rings is 2. The molecule has 3 rings (SSSR count). The van der Waals surface area contributed by atoms with E-state index in [1.54, 1.807) is 42.3 Å². The molecule has 0 aromatic heterocycles. The fraction of sp³-hybridized carbons (Fsp3) is 0.320. The lowest BCUT2D eigenvalue weighted by Crippen LogP contribution is -2.46. The minimum atomic E-state index is -0.512. The standard InChI is InChI=1S/C25H28FN3O3S/c1-15(2)14-32-24(31)22-16(3)29(4)25(33)28-23(22)18-6-5-7-20(13-18)27-21(30)12-17-8-10-19(26)11-9-17/h5-11,13,15,23H,12,14H2,1-4H3,(H,27,30)(H,28,33). The van der Waals surface area contributed by atoms with Crippen LogP contribution in [0.1, 0.15) is 37.9 Å². The molecule has 33 heavy (non-hydrogen) atoms. The fourth-order valence-corrected chi connectivity index (χ4v) is 3.71. The number of esters is 1. The lowest BCUT2D eigenvalue weighted by Gasteiger charge is -2.35. The summed E-state index contributed by atoms with van der Waals surface area (Å²) >= 11 is 5.45. The first kappa shape index (κ1) is 24.4. The third-order valence-corrected chi connectivity index (χ3v) is 5.70. The number of hydrogen-bond acceptors (Lipinski definition) is 4. The first-order valence-electron chi connectivity index (χ1n) is 10.7. The zero-order chi connectivity index (χ0) is 24.1. The van der Waals surface area contributed by atoms with Crippen LogP contribution in [0.15, 0.2) is 59.8 Å². The molecule has 0 radical (unpaired) electrons. The third kappa shape index (κ3) is 6.16. The van der Waals surface area contributed by atoms with Gasteiger partial charge in [-0.3, -0.25) is 4.79 Å². The van der Waals surface area contributed by atoms with Crippen molar-refractivity contribution in [3.8, 4) is 0 Å². The van der Waals surface area contributed by atoms with Crippen LogP contribution in [0.3, 0.4) is 0 Å². The van der Waals surface area contributed by atoms with Crippen LogP contribution in [0, 0.1) is 11.7 Å². The van der Waals surface area contributed by atoms with Crippen LogP contribution in [0.25, 0.3) is 0 Å². The van der Waals surface area contributed by atoms with Gasteiger partial charge in [0.25, 0.3) is 0 Å². The van der Waals surface area contributed by atoms with Gasteiger partial charge >= 0.3 is 5.97 Å². The number of hydrogen-bond donors (Lipinski definition) is 2. The first-order chi connectivity index (χ1) is 15.7. The SMILES string of the molecule is CC1=C(C(=O)OCC(C)C)C(c2cccc(NC(=O)Cc3ccc(F)cc3)c2)NC(=S)N1C. The van der Waals surface area contributed by atoms with E-state index in [0.717, 1.165) is 5.56 Å². The summed E-state index contributed by atoms with van der Waals surface area (Å²) in [6.45, 7) is 6.10. The van der Waals surface area contributed by atoms with Gasteiger partial charge in [-0.05, 0) is 60.5 Å². The molecule has 0 aliphatic carbocycles. The molecule has 1 atom stereocenters. The van der Waals surface area contributed by atoms with E-state index in [4.69, 9.17) is 17.0 Å². The molecular formula is C25H28FN3O3S. The second-order valence-corrected chi connectivity index (χ2v) is 8.80. The van der Waals surface area contributed by atoms with Gasteiger partial charge in [0.1, 0.15) is 5.82 Å². The summed E-state index contributed by atoms with van der Waals surface area (Å²) in [6.07, 6.45) is 0.118. The van der Waals surface area contributed by atoms with Gasteiger partial charge < -0.3 is 20.3 Å². The molecule has 8 heteroatoms. The zero-order valence-corrected chi connectivity index (χ0v) is 20.0. The highest BCUT2D eigenvalue weighted by Gasteiger charge is 2.33. The number of nitrogens with one attached hydrogen (secondary N) is 2. The number of nitrogens with zero attached hydrogens (tertiary/aromatic N) is 1. The fourth-order valence-electron chi connectivity index (χ4n) is 3.46. The van der Waals surface area contributed by atoms with E-state index >= 15 is 0 Å². The van der Waals surface area contributed by atoms with Crippen molar-refractivity contribution >= 4 is 34.9 Å². The molecule has 0 spiro atoms. The molecular weight excluding hydrogens is 441 g/mol. The Morgan fingerprint density at radius 3 is 2.58 bits per heavy atom. The largest absolute Gasteiger partial charge is 0.462 e. The minimum Gasteiger partial charge on any atom is -0.462 e. The summed E-state index contributed by atoms with van der Waals surface area (Å²) in [5.41, 5.74) is 3.24. The number of anilines is 1. The van der Waals surface area contributed by atoms with Crippen LogP contribution in [0.4, 0.5) is 10.1 Å². The van der Waals surface area contributed by atoms with E-state index in [0.29, 0.717) is 34.2 Å². The van der Waals surface area contributed by atoms with Gasteiger partial charge in [0.05, 0.1) is 24.6 Å². The summed E-state index contributed by atoms with van der Waals surface area (Å²) in [4.78, 5) is 27.2. The second-order valence-electron chi connectivity index (χ2n) is 8.41. The number of amides is 1. The quantitative estimate of drug-likeness (QED) is 0.464.